The van der Waals surface area contributed by atoms with Crippen LogP contribution in [0.2, 0.25) is 0 Å². The average molecular weight is 334 g/mol. The van der Waals surface area contributed by atoms with Gasteiger partial charge in [-0.3, -0.25) is 13.9 Å². The predicted molar refractivity (Wildman–Crippen MR) is 84.6 cm³/mol. The first-order chi connectivity index (χ1) is 11.5. The average Bonchev–Trinajstić information content (AvgIpc) is 3.21. The summed E-state index contributed by atoms with van der Waals surface area (Å²) in [5.74, 6) is 0.666. The van der Waals surface area contributed by atoms with Crippen molar-refractivity contribution in [1.82, 2.24) is 18.7 Å². The lowest BCUT2D eigenvalue weighted by atomic mass is 10.3. The largest absolute Gasteiger partial charge is 0.467 e. The van der Waals surface area contributed by atoms with E-state index in [1.807, 2.05) is 0 Å². The molecule has 9 nitrogen and oxygen atoms in total. The number of rotatable bonds is 6. The van der Waals surface area contributed by atoms with Gasteiger partial charge >= 0.3 is 5.69 Å². The number of imidazole rings is 1. The van der Waals surface area contributed by atoms with Gasteiger partial charge in [-0.05, 0) is 12.1 Å². The summed E-state index contributed by atoms with van der Waals surface area (Å²) in [4.78, 5) is 28.3. The number of hydrogen-bond donors (Lipinski definition) is 1. The van der Waals surface area contributed by atoms with Crippen molar-refractivity contribution in [1.29, 1.82) is 0 Å². The quantitative estimate of drug-likeness (QED) is 0.658. The van der Waals surface area contributed by atoms with E-state index in [9.17, 15) is 14.7 Å². The third kappa shape index (κ3) is 2.91. The van der Waals surface area contributed by atoms with Gasteiger partial charge in [0.05, 0.1) is 31.8 Å². The molecule has 3 heterocycles. The molecule has 0 amide bonds. The standard InChI is InChI=1S/C15H18N4O5/c1-17-13-12(14(21)18(2)15(17)22)19(9-16-13)6-10(20)7-23-8-11-4-3-5-24-11/h3-5,9-10,20H,6-8H2,1-2H3. The van der Waals surface area contributed by atoms with E-state index in [1.165, 1.54) is 22.5 Å². The molecule has 3 aromatic rings. The lowest BCUT2D eigenvalue weighted by Crippen LogP contribution is -2.38. The topological polar surface area (TPSA) is 104 Å². The van der Waals surface area contributed by atoms with E-state index in [-0.39, 0.29) is 30.9 Å². The second-order valence-electron chi connectivity index (χ2n) is 5.52. The van der Waals surface area contributed by atoms with Crippen molar-refractivity contribution in [2.24, 2.45) is 14.1 Å². The zero-order chi connectivity index (χ0) is 17.3. The molecule has 9 heteroatoms. The molecule has 0 aliphatic rings. The molecule has 0 saturated heterocycles. The Kier molecular flexibility index (Phi) is 4.36. The lowest BCUT2D eigenvalue weighted by Gasteiger charge is -2.12. The van der Waals surface area contributed by atoms with Gasteiger partial charge in [0.15, 0.2) is 11.2 Å². The highest BCUT2D eigenvalue weighted by Crippen LogP contribution is 2.07. The van der Waals surface area contributed by atoms with Gasteiger partial charge < -0.3 is 18.8 Å². The van der Waals surface area contributed by atoms with E-state index in [4.69, 9.17) is 9.15 Å². The van der Waals surface area contributed by atoms with E-state index in [0.717, 1.165) is 4.57 Å². The molecule has 0 aliphatic carbocycles. The van der Waals surface area contributed by atoms with Crippen molar-refractivity contribution in [2.45, 2.75) is 19.3 Å². The number of nitrogens with zero attached hydrogens (tertiary/aromatic N) is 4. The number of aliphatic hydroxyl groups is 1. The third-order valence-electron chi connectivity index (χ3n) is 3.76. The first-order valence-electron chi connectivity index (χ1n) is 7.38. The fraction of sp³-hybridized carbons (Fsp3) is 0.400. The summed E-state index contributed by atoms with van der Waals surface area (Å²) < 4.78 is 14.4. The molecule has 0 saturated carbocycles. The molecule has 3 rings (SSSR count). The minimum Gasteiger partial charge on any atom is -0.467 e. The zero-order valence-corrected chi connectivity index (χ0v) is 13.4. The summed E-state index contributed by atoms with van der Waals surface area (Å²) in [6, 6.07) is 3.53. The second-order valence-corrected chi connectivity index (χ2v) is 5.52. The molecule has 1 atom stereocenters. The van der Waals surface area contributed by atoms with Crippen LogP contribution in [0.1, 0.15) is 5.76 Å². The first kappa shape index (κ1) is 16.2. The summed E-state index contributed by atoms with van der Waals surface area (Å²) in [7, 11) is 2.95. The van der Waals surface area contributed by atoms with Crippen molar-refractivity contribution in [3.8, 4) is 0 Å². The summed E-state index contributed by atoms with van der Waals surface area (Å²) in [5, 5.41) is 10.1. The van der Waals surface area contributed by atoms with Gasteiger partial charge in [-0.25, -0.2) is 9.78 Å². The number of fused-ring (bicyclic) bond motifs is 1. The van der Waals surface area contributed by atoms with Crippen LogP contribution >= 0.6 is 0 Å². The molecule has 0 aliphatic heterocycles. The van der Waals surface area contributed by atoms with Gasteiger partial charge in [-0.15, -0.1) is 0 Å². The Morgan fingerprint density at radius 2 is 2.12 bits per heavy atom. The van der Waals surface area contributed by atoms with Crippen molar-refractivity contribution < 1.29 is 14.3 Å². The van der Waals surface area contributed by atoms with Gasteiger partial charge in [0.1, 0.15) is 12.4 Å². The molecule has 0 aromatic carbocycles. The van der Waals surface area contributed by atoms with E-state index >= 15 is 0 Å². The molecule has 0 radical (unpaired) electrons. The first-order valence-corrected chi connectivity index (χ1v) is 7.38. The lowest BCUT2D eigenvalue weighted by molar-refractivity contribution is 0.0151. The Hall–Kier alpha value is -2.65. The summed E-state index contributed by atoms with van der Waals surface area (Å²) in [6.45, 7) is 0.458. The Balaban J connectivity index is 1.75. The monoisotopic (exact) mass is 334 g/mol. The fourth-order valence-electron chi connectivity index (χ4n) is 2.51. The highest BCUT2D eigenvalue weighted by atomic mass is 16.5. The minimum atomic E-state index is -0.834. The maximum absolute atomic E-state index is 12.3. The van der Waals surface area contributed by atoms with Crippen LogP contribution in [0, 0.1) is 0 Å². The SMILES string of the molecule is Cn1c(=O)c2c(ncn2CC(O)COCc2ccco2)n(C)c1=O. The van der Waals surface area contributed by atoms with E-state index in [2.05, 4.69) is 4.98 Å². The second kappa shape index (κ2) is 6.46. The van der Waals surface area contributed by atoms with E-state index in [1.54, 1.807) is 25.4 Å². The predicted octanol–water partition coefficient (Wildman–Crippen LogP) is -0.396. The Bertz CT molecular complexity index is 951. The van der Waals surface area contributed by atoms with Crippen LogP contribution in [0.15, 0.2) is 38.7 Å². The van der Waals surface area contributed by atoms with Crippen LogP contribution in [0.5, 0.6) is 0 Å². The molecular formula is C15H18N4O5. The van der Waals surface area contributed by atoms with Gasteiger partial charge in [0, 0.05) is 14.1 Å². The van der Waals surface area contributed by atoms with E-state index in [0.29, 0.717) is 5.76 Å². The zero-order valence-electron chi connectivity index (χ0n) is 13.4. The molecule has 3 aromatic heterocycles. The number of aliphatic hydroxyl groups excluding tert-OH is 1. The third-order valence-corrected chi connectivity index (χ3v) is 3.76. The van der Waals surface area contributed by atoms with E-state index < -0.39 is 17.4 Å². The number of aryl methyl sites for hydroxylation is 1. The van der Waals surface area contributed by atoms with Gasteiger partial charge in [-0.1, -0.05) is 0 Å². The summed E-state index contributed by atoms with van der Waals surface area (Å²) in [6.07, 6.45) is 2.15. The van der Waals surface area contributed by atoms with Gasteiger partial charge in [-0.2, -0.15) is 0 Å². The minimum absolute atomic E-state index is 0.0758. The van der Waals surface area contributed by atoms with Crippen molar-refractivity contribution >= 4 is 11.2 Å². The van der Waals surface area contributed by atoms with Crippen LogP contribution in [-0.2, 0) is 32.0 Å². The van der Waals surface area contributed by atoms with Gasteiger partial charge in [0.25, 0.3) is 5.56 Å². The molecule has 0 spiro atoms. The van der Waals surface area contributed by atoms with Crippen molar-refractivity contribution in [3.63, 3.8) is 0 Å². The van der Waals surface area contributed by atoms with Crippen LogP contribution in [0.25, 0.3) is 11.2 Å². The molecule has 24 heavy (non-hydrogen) atoms. The van der Waals surface area contributed by atoms with Crippen LogP contribution in [-0.4, -0.2) is 36.5 Å². The van der Waals surface area contributed by atoms with Crippen molar-refractivity contribution in [2.75, 3.05) is 6.61 Å². The van der Waals surface area contributed by atoms with Crippen LogP contribution < -0.4 is 11.2 Å². The Labute approximate surface area is 136 Å². The van der Waals surface area contributed by atoms with Gasteiger partial charge in [0.2, 0.25) is 0 Å². The maximum atomic E-state index is 12.3. The molecule has 1 unspecified atom stereocenters. The summed E-state index contributed by atoms with van der Waals surface area (Å²) >= 11 is 0. The normalized spacial score (nSPS) is 12.8. The number of ether oxygens (including phenoxy) is 1. The number of furan rings is 1. The fourth-order valence-corrected chi connectivity index (χ4v) is 2.51. The molecule has 0 fully saturated rings. The summed E-state index contributed by atoms with van der Waals surface area (Å²) in [5.41, 5.74) is -0.342. The molecular weight excluding hydrogens is 316 g/mol. The number of hydrogen-bond acceptors (Lipinski definition) is 6. The highest BCUT2D eigenvalue weighted by Gasteiger charge is 2.16. The Morgan fingerprint density at radius 1 is 1.33 bits per heavy atom. The van der Waals surface area contributed by atoms with Crippen molar-refractivity contribution in [3.05, 3.63) is 51.3 Å². The molecule has 0 bridgehead atoms. The Morgan fingerprint density at radius 3 is 2.83 bits per heavy atom. The van der Waals surface area contributed by atoms with Crippen LogP contribution in [0.3, 0.4) is 0 Å². The van der Waals surface area contributed by atoms with Crippen LogP contribution in [0.4, 0.5) is 0 Å². The maximum Gasteiger partial charge on any atom is 0.332 e. The smallest absolute Gasteiger partial charge is 0.332 e. The highest BCUT2D eigenvalue weighted by molar-refractivity contribution is 5.69. The molecule has 1 N–H and O–H groups in total. The molecule has 128 valence electrons. The number of aromatic nitrogens is 4.